The zero-order valence-corrected chi connectivity index (χ0v) is 15.7. The first kappa shape index (κ1) is 19.4. The summed E-state index contributed by atoms with van der Waals surface area (Å²) in [6.45, 7) is 2.67. The van der Waals surface area contributed by atoms with Gasteiger partial charge in [-0.25, -0.2) is 0 Å². The highest BCUT2D eigenvalue weighted by molar-refractivity contribution is 5.99. The average Bonchev–Trinajstić information content (AvgIpc) is 2.75. The molecule has 9 heteroatoms. The van der Waals surface area contributed by atoms with Crippen LogP contribution in [0.25, 0.3) is 10.8 Å². The molecular weight excluding hydrogens is 356 g/mol. The van der Waals surface area contributed by atoms with E-state index in [1.165, 1.54) is 0 Å². The van der Waals surface area contributed by atoms with E-state index in [-0.39, 0.29) is 24.4 Å². The number of rotatable bonds is 6. The standard InChI is InChI=1S/C19H26N8O/c20-18(21)24-5-7-26-11-15-9-13-3-1-2-4-14(13)10-16(15)27(17(28)12-26)8-6-25-19(22)23/h1-4,9-10H,5-8,11-12H2,(H4,20,21,24)(H4,22,23,25). The van der Waals surface area contributed by atoms with Gasteiger partial charge in [-0.3, -0.25) is 19.7 Å². The molecule has 2 aromatic rings. The number of nitrogens with zero attached hydrogens (tertiary/aromatic N) is 4. The largest absolute Gasteiger partial charge is 0.370 e. The number of nitrogens with two attached hydrogens (primary N) is 4. The first-order valence-electron chi connectivity index (χ1n) is 9.09. The van der Waals surface area contributed by atoms with E-state index in [0.29, 0.717) is 32.7 Å². The van der Waals surface area contributed by atoms with Gasteiger partial charge in [0.2, 0.25) is 5.91 Å². The zero-order valence-electron chi connectivity index (χ0n) is 15.7. The second kappa shape index (κ2) is 8.57. The van der Waals surface area contributed by atoms with Gasteiger partial charge in [0, 0.05) is 25.3 Å². The minimum absolute atomic E-state index is 0.00970. The topological polar surface area (TPSA) is 152 Å². The van der Waals surface area contributed by atoms with Crippen molar-refractivity contribution in [3.05, 3.63) is 42.0 Å². The van der Waals surface area contributed by atoms with Crippen LogP contribution in [0.2, 0.25) is 0 Å². The summed E-state index contributed by atoms with van der Waals surface area (Å²) < 4.78 is 0. The molecule has 0 aliphatic carbocycles. The molecule has 0 saturated heterocycles. The van der Waals surface area contributed by atoms with Gasteiger partial charge in [0.15, 0.2) is 11.9 Å². The van der Waals surface area contributed by atoms with Crippen molar-refractivity contribution in [2.24, 2.45) is 32.9 Å². The van der Waals surface area contributed by atoms with E-state index in [1.807, 2.05) is 23.1 Å². The summed E-state index contributed by atoms with van der Waals surface area (Å²) in [5.41, 5.74) is 23.6. The van der Waals surface area contributed by atoms with E-state index in [9.17, 15) is 4.79 Å². The Morgan fingerprint density at radius 2 is 1.50 bits per heavy atom. The molecule has 0 unspecified atom stereocenters. The summed E-state index contributed by atoms with van der Waals surface area (Å²) >= 11 is 0. The predicted molar refractivity (Wildman–Crippen MR) is 113 cm³/mol. The van der Waals surface area contributed by atoms with Crippen LogP contribution in [-0.4, -0.2) is 55.4 Å². The fourth-order valence-corrected chi connectivity index (χ4v) is 3.36. The van der Waals surface area contributed by atoms with Crippen LogP contribution in [0.15, 0.2) is 46.4 Å². The lowest BCUT2D eigenvalue weighted by atomic mass is 10.0. The second-order valence-corrected chi connectivity index (χ2v) is 6.70. The molecule has 0 atom stereocenters. The van der Waals surface area contributed by atoms with Gasteiger partial charge in [-0.1, -0.05) is 24.3 Å². The summed E-state index contributed by atoms with van der Waals surface area (Å²) in [4.78, 5) is 24.8. The molecule has 0 saturated carbocycles. The number of carbonyl (C=O) groups is 1. The lowest BCUT2D eigenvalue weighted by Gasteiger charge is -2.22. The number of fused-ring (bicyclic) bond motifs is 2. The van der Waals surface area contributed by atoms with Crippen molar-refractivity contribution < 1.29 is 4.79 Å². The maximum absolute atomic E-state index is 13.0. The highest BCUT2D eigenvalue weighted by Crippen LogP contribution is 2.30. The van der Waals surface area contributed by atoms with E-state index in [0.717, 1.165) is 22.0 Å². The van der Waals surface area contributed by atoms with E-state index >= 15 is 0 Å². The van der Waals surface area contributed by atoms with Gasteiger partial charge in [-0.05, 0) is 28.5 Å². The molecule has 3 rings (SSSR count). The number of amides is 1. The Labute approximate surface area is 163 Å². The molecule has 0 spiro atoms. The summed E-state index contributed by atoms with van der Waals surface area (Å²) in [6.07, 6.45) is 0. The van der Waals surface area contributed by atoms with Crippen molar-refractivity contribution in [2.45, 2.75) is 6.54 Å². The number of hydrogen-bond donors (Lipinski definition) is 4. The summed E-state index contributed by atoms with van der Waals surface area (Å²) in [5.74, 6) is 0.0517. The van der Waals surface area contributed by atoms with Gasteiger partial charge in [0.1, 0.15) is 0 Å². The van der Waals surface area contributed by atoms with Crippen molar-refractivity contribution in [3.8, 4) is 0 Å². The number of carbonyl (C=O) groups excluding carboxylic acids is 1. The van der Waals surface area contributed by atoms with Crippen LogP contribution in [0, 0.1) is 0 Å². The molecule has 0 radical (unpaired) electrons. The average molecular weight is 382 g/mol. The van der Waals surface area contributed by atoms with Crippen molar-refractivity contribution >= 4 is 34.3 Å². The molecule has 1 amide bonds. The van der Waals surface area contributed by atoms with Gasteiger partial charge in [-0.15, -0.1) is 0 Å². The van der Waals surface area contributed by atoms with Crippen molar-refractivity contribution in [1.29, 1.82) is 0 Å². The fourth-order valence-electron chi connectivity index (χ4n) is 3.36. The molecule has 1 aliphatic rings. The molecular formula is C19H26N8O. The van der Waals surface area contributed by atoms with Crippen LogP contribution >= 0.6 is 0 Å². The molecule has 0 fully saturated rings. The number of aliphatic imine (C=N–C) groups is 2. The molecule has 8 N–H and O–H groups in total. The molecule has 0 aromatic heterocycles. The Balaban J connectivity index is 1.94. The maximum atomic E-state index is 13.0. The van der Waals surface area contributed by atoms with Crippen molar-refractivity contribution in [2.75, 3.05) is 37.6 Å². The van der Waals surface area contributed by atoms with E-state index in [2.05, 4.69) is 28.2 Å². The van der Waals surface area contributed by atoms with Gasteiger partial charge in [0.25, 0.3) is 0 Å². The molecule has 1 aliphatic heterocycles. The van der Waals surface area contributed by atoms with Gasteiger partial charge >= 0.3 is 0 Å². The second-order valence-electron chi connectivity index (χ2n) is 6.70. The summed E-state index contributed by atoms with van der Waals surface area (Å²) in [6, 6.07) is 12.3. The SMILES string of the molecule is NC(N)=NCCN1CC(=O)N(CCN=C(N)N)c2cc3ccccc3cc2C1. The van der Waals surface area contributed by atoms with E-state index in [1.54, 1.807) is 4.90 Å². The quantitative estimate of drug-likeness (QED) is 0.392. The minimum atomic E-state index is -0.00970. The van der Waals surface area contributed by atoms with Gasteiger partial charge in [0.05, 0.1) is 19.6 Å². The van der Waals surface area contributed by atoms with Crippen LogP contribution in [0.5, 0.6) is 0 Å². The van der Waals surface area contributed by atoms with E-state index < -0.39 is 0 Å². The third-order valence-electron chi connectivity index (χ3n) is 4.62. The smallest absolute Gasteiger partial charge is 0.241 e. The minimum Gasteiger partial charge on any atom is -0.370 e. The Morgan fingerprint density at radius 1 is 0.893 bits per heavy atom. The zero-order chi connectivity index (χ0) is 20.1. The lowest BCUT2D eigenvalue weighted by Crippen LogP contribution is -2.40. The Bertz CT molecular complexity index is 915. The Morgan fingerprint density at radius 3 is 2.14 bits per heavy atom. The van der Waals surface area contributed by atoms with Gasteiger partial charge in [-0.2, -0.15) is 0 Å². The number of benzene rings is 2. The van der Waals surface area contributed by atoms with Crippen LogP contribution in [0.3, 0.4) is 0 Å². The molecule has 0 bridgehead atoms. The van der Waals surface area contributed by atoms with Crippen LogP contribution in [-0.2, 0) is 11.3 Å². The first-order valence-corrected chi connectivity index (χ1v) is 9.09. The molecule has 148 valence electrons. The summed E-state index contributed by atoms with van der Waals surface area (Å²) in [7, 11) is 0. The normalized spacial score (nSPS) is 14.4. The highest BCUT2D eigenvalue weighted by Gasteiger charge is 2.26. The predicted octanol–water partition coefficient (Wildman–Crippen LogP) is -0.465. The van der Waals surface area contributed by atoms with E-state index in [4.69, 9.17) is 22.9 Å². The highest BCUT2D eigenvalue weighted by atomic mass is 16.2. The van der Waals surface area contributed by atoms with Gasteiger partial charge < -0.3 is 27.8 Å². The number of guanidine groups is 2. The number of hydrogen-bond acceptors (Lipinski definition) is 4. The monoisotopic (exact) mass is 382 g/mol. The number of anilines is 1. The van der Waals surface area contributed by atoms with Crippen LogP contribution < -0.4 is 27.8 Å². The first-order chi connectivity index (χ1) is 13.4. The summed E-state index contributed by atoms with van der Waals surface area (Å²) in [5, 5.41) is 2.21. The third kappa shape index (κ3) is 4.68. The lowest BCUT2D eigenvalue weighted by molar-refractivity contribution is -0.119. The Kier molecular flexibility index (Phi) is 5.95. The van der Waals surface area contributed by atoms with Crippen LogP contribution in [0.4, 0.5) is 5.69 Å². The van der Waals surface area contributed by atoms with Crippen molar-refractivity contribution in [3.63, 3.8) is 0 Å². The fraction of sp³-hybridized carbons (Fsp3) is 0.316. The molecule has 9 nitrogen and oxygen atoms in total. The van der Waals surface area contributed by atoms with Crippen LogP contribution in [0.1, 0.15) is 5.56 Å². The molecule has 28 heavy (non-hydrogen) atoms. The maximum Gasteiger partial charge on any atom is 0.241 e. The Hall–Kier alpha value is -3.33. The molecule has 1 heterocycles. The van der Waals surface area contributed by atoms with Crippen molar-refractivity contribution in [1.82, 2.24) is 4.90 Å². The third-order valence-corrected chi connectivity index (χ3v) is 4.62. The molecule has 2 aromatic carbocycles.